The Morgan fingerprint density at radius 2 is 2.20 bits per heavy atom. The summed E-state index contributed by atoms with van der Waals surface area (Å²) in [7, 11) is 1.66. The van der Waals surface area contributed by atoms with Crippen LogP contribution >= 0.6 is 0 Å². The van der Waals surface area contributed by atoms with E-state index in [1.807, 2.05) is 20.8 Å². The van der Waals surface area contributed by atoms with E-state index >= 15 is 0 Å². The topological polar surface area (TPSA) is 50.4 Å². The highest BCUT2D eigenvalue weighted by molar-refractivity contribution is 5.81. The fraction of sp³-hybridized carbons (Fsp3) is 0.727. The largest absolute Gasteiger partial charge is 0.377 e. The molecule has 0 aliphatic heterocycles. The van der Waals surface area contributed by atoms with Crippen LogP contribution in [0.5, 0.6) is 0 Å². The molecule has 0 radical (unpaired) electrons. The van der Waals surface area contributed by atoms with Crippen LogP contribution in [0.25, 0.3) is 0 Å². The summed E-state index contributed by atoms with van der Waals surface area (Å²) in [5.41, 5.74) is -0.257. The summed E-state index contributed by atoms with van der Waals surface area (Å²) in [5.74, 6) is -0.0261. The number of rotatable bonds is 7. The second kappa shape index (κ2) is 6.58. The van der Waals surface area contributed by atoms with Crippen LogP contribution in [0, 0.1) is 0 Å². The van der Waals surface area contributed by atoms with Crippen LogP contribution in [0.4, 0.5) is 0 Å². The zero-order valence-corrected chi connectivity index (χ0v) is 10.1. The predicted molar refractivity (Wildman–Crippen MR) is 61.8 cm³/mol. The molecular formula is C11H22N2O2. The highest BCUT2D eigenvalue weighted by atomic mass is 16.5. The van der Waals surface area contributed by atoms with Crippen molar-refractivity contribution in [2.75, 3.05) is 20.2 Å². The number of nitrogens with one attached hydrogen (secondary N) is 2. The minimum atomic E-state index is -0.257. The first-order chi connectivity index (χ1) is 6.93. The Hall–Kier alpha value is -0.870. The number of hydrogen-bond donors (Lipinski definition) is 2. The highest BCUT2D eigenvalue weighted by Gasteiger charge is 2.19. The second-order valence-electron chi connectivity index (χ2n) is 4.10. The second-order valence-corrected chi connectivity index (χ2v) is 4.10. The molecule has 1 atom stereocenters. The Morgan fingerprint density at radius 1 is 1.60 bits per heavy atom. The summed E-state index contributed by atoms with van der Waals surface area (Å²) >= 11 is 0. The molecule has 0 aromatic rings. The lowest BCUT2D eigenvalue weighted by molar-refractivity contribution is -0.122. The number of methoxy groups -OCH3 is 1. The summed E-state index contributed by atoms with van der Waals surface area (Å²) in [6, 6.07) is -0.223. The van der Waals surface area contributed by atoms with Gasteiger partial charge in [-0.1, -0.05) is 6.08 Å². The van der Waals surface area contributed by atoms with Gasteiger partial charge >= 0.3 is 0 Å². The summed E-state index contributed by atoms with van der Waals surface area (Å²) in [4.78, 5) is 11.4. The lowest BCUT2D eigenvalue weighted by Gasteiger charge is -2.25. The Kier molecular flexibility index (Phi) is 6.20. The third-order valence-electron chi connectivity index (χ3n) is 2.20. The van der Waals surface area contributed by atoms with Crippen LogP contribution in [0.15, 0.2) is 12.7 Å². The lowest BCUT2D eigenvalue weighted by atomic mass is 10.1. The van der Waals surface area contributed by atoms with E-state index in [-0.39, 0.29) is 17.6 Å². The number of amides is 1. The predicted octanol–water partition coefficient (Wildman–Crippen LogP) is 0.692. The molecule has 0 aliphatic carbocycles. The van der Waals surface area contributed by atoms with Crippen LogP contribution in [-0.4, -0.2) is 37.7 Å². The maximum absolute atomic E-state index is 11.4. The van der Waals surface area contributed by atoms with Gasteiger partial charge in [-0.15, -0.1) is 6.58 Å². The molecule has 4 heteroatoms. The molecule has 0 rings (SSSR count). The maximum Gasteiger partial charge on any atom is 0.237 e. The maximum atomic E-state index is 11.4. The number of carbonyl (C=O) groups is 1. The Bertz CT molecular complexity index is 215. The van der Waals surface area contributed by atoms with E-state index in [4.69, 9.17) is 4.74 Å². The smallest absolute Gasteiger partial charge is 0.237 e. The van der Waals surface area contributed by atoms with Gasteiger partial charge in [0, 0.05) is 20.2 Å². The van der Waals surface area contributed by atoms with Gasteiger partial charge in [-0.25, -0.2) is 0 Å². The molecule has 0 spiro atoms. The van der Waals surface area contributed by atoms with Crippen LogP contribution < -0.4 is 10.6 Å². The van der Waals surface area contributed by atoms with Gasteiger partial charge in [-0.2, -0.15) is 0 Å². The molecule has 0 fully saturated rings. The molecule has 4 nitrogen and oxygen atoms in total. The molecule has 1 amide bonds. The van der Waals surface area contributed by atoms with Gasteiger partial charge in [0.2, 0.25) is 5.91 Å². The molecule has 0 saturated heterocycles. The van der Waals surface area contributed by atoms with Gasteiger partial charge in [0.25, 0.3) is 0 Å². The van der Waals surface area contributed by atoms with Crippen molar-refractivity contribution in [3.05, 3.63) is 12.7 Å². The zero-order chi connectivity index (χ0) is 11.9. The molecule has 0 heterocycles. The van der Waals surface area contributed by atoms with Crippen molar-refractivity contribution in [2.24, 2.45) is 0 Å². The Balaban J connectivity index is 3.87. The fourth-order valence-corrected chi connectivity index (χ4v) is 0.890. The third-order valence-corrected chi connectivity index (χ3v) is 2.20. The van der Waals surface area contributed by atoms with Crippen LogP contribution in [0.1, 0.15) is 20.8 Å². The van der Waals surface area contributed by atoms with Gasteiger partial charge in [0.1, 0.15) is 0 Å². The van der Waals surface area contributed by atoms with E-state index in [0.29, 0.717) is 13.1 Å². The average molecular weight is 214 g/mol. The first-order valence-electron chi connectivity index (χ1n) is 5.10. The van der Waals surface area contributed by atoms with Crippen molar-refractivity contribution in [3.8, 4) is 0 Å². The Morgan fingerprint density at radius 3 is 2.67 bits per heavy atom. The van der Waals surface area contributed by atoms with Crippen molar-refractivity contribution in [1.29, 1.82) is 0 Å². The minimum absolute atomic E-state index is 0.0261. The SMILES string of the molecule is C=CCNC(=O)C(C)NCC(C)(C)OC. The average Bonchev–Trinajstić information content (AvgIpc) is 2.22. The zero-order valence-electron chi connectivity index (χ0n) is 10.1. The quantitative estimate of drug-likeness (QED) is 0.613. The fourth-order valence-electron chi connectivity index (χ4n) is 0.890. The van der Waals surface area contributed by atoms with E-state index in [1.54, 1.807) is 13.2 Å². The number of ether oxygens (including phenoxy) is 1. The summed E-state index contributed by atoms with van der Waals surface area (Å²) < 4.78 is 5.24. The van der Waals surface area contributed by atoms with Gasteiger partial charge in [0.15, 0.2) is 0 Å². The molecule has 88 valence electrons. The molecule has 0 aromatic heterocycles. The Labute approximate surface area is 92.1 Å². The van der Waals surface area contributed by atoms with Gasteiger partial charge in [-0.05, 0) is 20.8 Å². The molecule has 1 unspecified atom stereocenters. The van der Waals surface area contributed by atoms with Crippen molar-refractivity contribution in [1.82, 2.24) is 10.6 Å². The minimum Gasteiger partial charge on any atom is -0.377 e. The molecule has 0 aliphatic rings. The molecule has 15 heavy (non-hydrogen) atoms. The van der Waals surface area contributed by atoms with Gasteiger partial charge < -0.3 is 15.4 Å². The number of hydrogen-bond acceptors (Lipinski definition) is 3. The van der Waals surface area contributed by atoms with Gasteiger partial charge in [-0.3, -0.25) is 4.79 Å². The van der Waals surface area contributed by atoms with Crippen LogP contribution in [-0.2, 0) is 9.53 Å². The first-order valence-corrected chi connectivity index (χ1v) is 5.10. The van der Waals surface area contributed by atoms with Crippen molar-refractivity contribution >= 4 is 5.91 Å². The summed E-state index contributed by atoms with van der Waals surface area (Å²) in [5, 5.41) is 5.84. The highest BCUT2D eigenvalue weighted by Crippen LogP contribution is 2.05. The van der Waals surface area contributed by atoms with Crippen molar-refractivity contribution in [2.45, 2.75) is 32.4 Å². The van der Waals surface area contributed by atoms with Crippen LogP contribution in [0.2, 0.25) is 0 Å². The standard InChI is InChI=1S/C11H22N2O2/c1-6-7-12-10(14)9(2)13-8-11(3,4)15-5/h6,9,13H,1,7-8H2,2-5H3,(H,12,14). The van der Waals surface area contributed by atoms with E-state index in [2.05, 4.69) is 17.2 Å². The van der Waals surface area contributed by atoms with E-state index in [0.717, 1.165) is 0 Å². The van der Waals surface area contributed by atoms with Crippen LogP contribution in [0.3, 0.4) is 0 Å². The van der Waals surface area contributed by atoms with E-state index in [1.165, 1.54) is 0 Å². The molecule has 0 aromatic carbocycles. The first kappa shape index (κ1) is 14.1. The molecule has 2 N–H and O–H groups in total. The normalized spacial score (nSPS) is 13.3. The van der Waals surface area contributed by atoms with Crippen molar-refractivity contribution in [3.63, 3.8) is 0 Å². The molecular weight excluding hydrogens is 192 g/mol. The summed E-state index contributed by atoms with van der Waals surface area (Å²) in [6.45, 7) is 10.4. The van der Waals surface area contributed by atoms with E-state index in [9.17, 15) is 4.79 Å². The lowest BCUT2D eigenvalue weighted by Crippen LogP contribution is -2.47. The third kappa shape index (κ3) is 6.25. The monoisotopic (exact) mass is 214 g/mol. The van der Waals surface area contributed by atoms with Gasteiger partial charge in [0.05, 0.1) is 11.6 Å². The van der Waals surface area contributed by atoms with E-state index < -0.39 is 0 Å². The molecule has 0 saturated carbocycles. The van der Waals surface area contributed by atoms with Crippen molar-refractivity contribution < 1.29 is 9.53 Å². The number of carbonyl (C=O) groups excluding carboxylic acids is 1. The summed E-state index contributed by atoms with van der Waals surface area (Å²) in [6.07, 6.45) is 1.66. The molecule has 0 bridgehead atoms.